The first kappa shape index (κ1) is 11.7. The zero-order valence-electron chi connectivity index (χ0n) is 8.85. The summed E-state index contributed by atoms with van der Waals surface area (Å²) in [6, 6.07) is 0. The van der Waals surface area contributed by atoms with Crippen LogP contribution in [0, 0.1) is 0 Å². The molecule has 0 aromatic carbocycles. The molecular weight excluding hydrogens is 196 g/mol. The van der Waals surface area contributed by atoms with Gasteiger partial charge in [-0.05, 0) is 13.3 Å². The normalized spacial score (nSPS) is 17.8. The molecule has 1 aliphatic rings. The fraction of sp³-hybridized carbons (Fsp3) is 0.600. The van der Waals surface area contributed by atoms with Gasteiger partial charge in [0.2, 0.25) is 0 Å². The van der Waals surface area contributed by atoms with Gasteiger partial charge in [-0.1, -0.05) is 17.3 Å². The van der Waals surface area contributed by atoms with E-state index in [1.807, 2.05) is 11.0 Å². The van der Waals surface area contributed by atoms with E-state index in [1.54, 1.807) is 6.92 Å². The van der Waals surface area contributed by atoms with Crippen LogP contribution in [-0.2, 0) is 9.53 Å². The van der Waals surface area contributed by atoms with Gasteiger partial charge < -0.3 is 9.94 Å². The molecule has 5 nitrogen and oxygen atoms in total. The van der Waals surface area contributed by atoms with E-state index >= 15 is 0 Å². The molecule has 0 fully saturated rings. The van der Waals surface area contributed by atoms with Gasteiger partial charge in [-0.25, -0.2) is 4.79 Å². The lowest BCUT2D eigenvalue weighted by atomic mass is 10.2. The minimum atomic E-state index is -0.547. The summed E-state index contributed by atoms with van der Waals surface area (Å²) < 4.78 is 4.76. The molecule has 0 aromatic heterocycles. The number of hydrogen-bond acceptors (Lipinski definition) is 5. The Morgan fingerprint density at radius 2 is 2.40 bits per heavy atom. The summed E-state index contributed by atoms with van der Waals surface area (Å²) in [5, 5.41) is 11.7. The van der Waals surface area contributed by atoms with Gasteiger partial charge in [-0.2, -0.15) is 0 Å². The Morgan fingerprint density at radius 1 is 1.60 bits per heavy atom. The van der Waals surface area contributed by atoms with Crippen molar-refractivity contribution in [2.45, 2.75) is 13.3 Å². The maximum absolute atomic E-state index is 11.3. The van der Waals surface area contributed by atoms with Gasteiger partial charge in [0.25, 0.3) is 0 Å². The molecular formula is C10H16N2O3. The van der Waals surface area contributed by atoms with Crippen LogP contribution in [0.3, 0.4) is 0 Å². The predicted octanol–water partition coefficient (Wildman–Crippen LogP) is 0.642. The summed E-state index contributed by atoms with van der Waals surface area (Å²) in [5.74, 6) is -0.547. The lowest BCUT2D eigenvalue weighted by molar-refractivity contribution is -0.135. The summed E-state index contributed by atoms with van der Waals surface area (Å²) in [7, 11) is 0. The highest BCUT2D eigenvalue weighted by molar-refractivity contribution is 6.37. The average Bonchev–Trinajstić information content (AvgIpc) is 2.27. The Labute approximate surface area is 89.0 Å². The first-order chi connectivity index (χ1) is 7.27. The fourth-order valence-electron chi connectivity index (χ4n) is 1.40. The van der Waals surface area contributed by atoms with Crippen molar-refractivity contribution in [1.82, 2.24) is 4.90 Å². The molecule has 1 aliphatic heterocycles. The molecule has 1 N–H and O–H groups in total. The molecule has 84 valence electrons. The van der Waals surface area contributed by atoms with Gasteiger partial charge >= 0.3 is 5.97 Å². The van der Waals surface area contributed by atoms with Gasteiger partial charge in [0.05, 0.1) is 13.2 Å². The monoisotopic (exact) mass is 212 g/mol. The summed E-state index contributed by atoms with van der Waals surface area (Å²) >= 11 is 0. The molecule has 0 aliphatic carbocycles. The number of esters is 1. The summed E-state index contributed by atoms with van der Waals surface area (Å²) in [6.07, 6.45) is 5.09. The smallest absolute Gasteiger partial charge is 0.357 e. The topological polar surface area (TPSA) is 62.1 Å². The van der Waals surface area contributed by atoms with Crippen molar-refractivity contribution in [2.75, 3.05) is 26.2 Å². The Hall–Kier alpha value is -1.36. The van der Waals surface area contributed by atoms with Crippen LogP contribution in [0.4, 0.5) is 0 Å². The average molecular weight is 212 g/mol. The molecule has 0 spiro atoms. The Bertz CT molecular complexity index is 274. The van der Waals surface area contributed by atoms with E-state index in [1.165, 1.54) is 0 Å². The van der Waals surface area contributed by atoms with Crippen LogP contribution >= 0.6 is 0 Å². The minimum absolute atomic E-state index is 0.0622. The number of rotatable bonds is 4. The summed E-state index contributed by atoms with van der Waals surface area (Å²) in [4.78, 5) is 13.3. The van der Waals surface area contributed by atoms with Gasteiger partial charge in [-0.15, -0.1) is 0 Å². The molecule has 1 rings (SSSR count). The molecule has 0 aromatic rings. The van der Waals surface area contributed by atoms with Crippen LogP contribution in [0.25, 0.3) is 0 Å². The molecule has 15 heavy (non-hydrogen) atoms. The summed E-state index contributed by atoms with van der Waals surface area (Å²) in [6.45, 7) is 3.99. The highest BCUT2D eigenvalue weighted by atomic mass is 16.5. The maximum Gasteiger partial charge on any atom is 0.357 e. The quantitative estimate of drug-likeness (QED) is 0.244. The highest BCUT2D eigenvalue weighted by Crippen LogP contribution is 2.01. The van der Waals surface area contributed by atoms with E-state index in [0.717, 1.165) is 19.5 Å². The molecule has 0 radical (unpaired) electrons. The van der Waals surface area contributed by atoms with Crippen LogP contribution in [0.1, 0.15) is 13.3 Å². The van der Waals surface area contributed by atoms with Crippen molar-refractivity contribution >= 4 is 11.7 Å². The van der Waals surface area contributed by atoms with Gasteiger partial charge in [0.1, 0.15) is 0 Å². The molecule has 1 heterocycles. The largest absolute Gasteiger partial charge is 0.461 e. The van der Waals surface area contributed by atoms with E-state index in [9.17, 15) is 4.79 Å². The van der Waals surface area contributed by atoms with Crippen molar-refractivity contribution in [2.24, 2.45) is 5.16 Å². The number of carbonyl (C=O) groups excluding carboxylic acids is 1. The standard InChI is InChI=1S/C10H16N2O3/c1-2-15-10(13)9(11-14)8-12-6-4-3-5-7-12/h3-4,14H,2,5-8H2,1H3/b11-9-. The molecule has 0 amide bonds. The van der Waals surface area contributed by atoms with E-state index < -0.39 is 5.97 Å². The second kappa shape index (κ2) is 6.19. The van der Waals surface area contributed by atoms with Crippen molar-refractivity contribution in [3.05, 3.63) is 12.2 Å². The van der Waals surface area contributed by atoms with Crippen LogP contribution < -0.4 is 0 Å². The second-order valence-electron chi connectivity index (χ2n) is 3.26. The van der Waals surface area contributed by atoms with E-state index in [2.05, 4.69) is 11.2 Å². The molecule has 0 saturated carbocycles. The van der Waals surface area contributed by atoms with Crippen LogP contribution in [-0.4, -0.2) is 48.0 Å². The third-order valence-corrected chi connectivity index (χ3v) is 2.15. The third kappa shape index (κ3) is 3.71. The fourth-order valence-corrected chi connectivity index (χ4v) is 1.40. The highest BCUT2D eigenvalue weighted by Gasteiger charge is 2.17. The van der Waals surface area contributed by atoms with Crippen molar-refractivity contribution in [3.63, 3.8) is 0 Å². The van der Waals surface area contributed by atoms with Gasteiger partial charge in [0, 0.05) is 13.1 Å². The molecule has 5 heteroatoms. The number of ether oxygens (including phenoxy) is 1. The lowest BCUT2D eigenvalue weighted by Gasteiger charge is -2.22. The molecule has 0 bridgehead atoms. The minimum Gasteiger partial charge on any atom is -0.461 e. The van der Waals surface area contributed by atoms with E-state index in [0.29, 0.717) is 6.54 Å². The number of carbonyl (C=O) groups is 1. The third-order valence-electron chi connectivity index (χ3n) is 2.15. The van der Waals surface area contributed by atoms with Crippen molar-refractivity contribution < 1.29 is 14.7 Å². The molecule has 0 atom stereocenters. The number of nitrogens with zero attached hydrogens (tertiary/aromatic N) is 2. The SMILES string of the molecule is CCOC(=O)/C(CN1CC=CCC1)=N\O. The summed E-state index contributed by atoms with van der Waals surface area (Å²) in [5.41, 5.74) is 0.0622. The van der Waals surface area contributed by atoms with Gasteiger partial charge in [-0.3, -0.25) is 4.90 Å². The van der Waals surface area contributed by atoms with Crippen LogP contribution in [0.2, 0.25) is 0 Å². The Balaban J connectivity index is 2.46. The van der Waals surface area contributed by atoms with Crippen molar-refractivity contribution in [3.8, 4) is 0 Å². The zero-order chi connectivity index (χ0) is 11.1. The zero-order valence-corrected chi connectivity index (χ0v) is 8.85. The van der Waals surface area contributed by atoms with E-state index in [-0.39, 0.29) is 12.3 Å². The maximum atomic E-state index is 11.3. The second-order valence-corrected chi connectivity index (χ2v) is 3.26. The first-order valence-electron chi connectivity index (χ1n) is 5.03. The predicted molar refractivity (Wildman–Crippen MR) is 56.1 cm³/mol. The number of oxime groups is 1. The van der Waals surface area contributed by atoms with Crippen LogP contribution in [0.5, 0.6) is 0 Å². The van der Waals surface area contributed by atoms with Crippen molar-refractivity contribution in [1.29, 1.82) is 0 Å². The Kier molecular flexibility index (Phi) is 4.83. The molecule has 0 saturated heterocycles. The van der Waals surface area contributed by atoms with E-state index in [4.69, 9.17) is 9.94 Å². The molecule has 0 unspecified atom stereocenters. The Morgan fingerprint density at radius 3 is 2.93 bits per heavy atom. The van der Waals surface area contributed by atoms with Crippen LogP contribution in [0.15, 0.2) is 17.3 Å². The lowest BCUT2D eigenvalue weighted by Crippen LogP contribution is -2.36. The van der Waals surface area contributed by atoms with Gasteiger partial charge in [0.15, 0.2) is 5.71 Å². The number of hydrogen-bond donors (Lipinski definition) is 1. The first-order valence-corrected chi connectivity index (χ1v) is 5.03.